The molecule has 0 radical (unpaired) electrons. The zero-order valence-corrected chi connectivity index (χ0v) is 13.5. The molecule has 0 aliphatic rings. The second-order valence-corrected chi connectivity index (χ2v) is 5.51. The van der Waals surface area contributed by atoms with Crippen LogP contribution in [-0.4, -0.2) is 26.2 Å². The van der Waals surface area contributed by atoms with Crippen molar-refractivity contribution >= 4 is 23.4 Å². The highest BCUT2D eigenvalue weighted by molar-refractivity contribution is 7.98. The quantitative estimate of drug-likeness (QED) is 0.557. The van der Waals surface area contributed by atoms with Crippen molar-refractivity contribution < 1.29 is 0 Å². The lowest BCUT2D eigenvalue weighted by Gasteiger charge is -2.06. The second-order valence-electron chi connectivity index (χ2n) is 4.71. The molecule has 0 bridgehead atoms. The van der Waals surface area contributed by atoms with Crippen LogP contribution in [0.15, 0.2) is 52.7 Å². The van der Waals surface area contributed by atoms with E-state index in [4.69, 9.17) is 5.26 Å². The van der Waals surface area contributed by atoms with Gasteiger partial charge in [-0.05, 0) is 36.6 Å². The van der Waals surface area contributed by atoms with Crippen molar-refractivity contribution in [1.29, 1.82) is 5.26 Å². The fourth-order valence-corrected chi connectivity index (χ4v) is 2.34. The highest BCUT2D eigenvalue weighted by atomic mass is 32.2. The predicted octanol–water partition coefficient (Wildman–Crippen LogP) is 2.56. The zero-order valence-electron chi connectivity index (χ0n) is 12.6. The molecule has 0 atom stereocenters. The Bertz CT molecular complexity index is 961. The first-order valence-corrected chi connectivity index (χ1v) is 8.16. The van der Waals surface area contributed by atoms with E-state index in [1.54, 1.807) is 36.5 Å². The van der Waals surface area contributed by atoms with Crippen LogP contribution in [0.3, 0.4) is 0 Å². The number of aromatic nitrogens is 4. The molecule has 0 aliphatic carbocycles. The van der Waals surface area contributed by atoms with Gasteiger partial charge in [-0.25, -0.2) is 15.0 Å². The highest BCUT2D eigenvalue weighted by Crippen LogP contribution is 2.17. The molecule has 0 spiro atoms. The summed E-state index contributed by atoms with van der Waals surface area (Å²) < 4.78 is 0. The van der Waals surface area contributed by atoms with Crippen molar-refractivity contribution in [2.45, 2.75) is 5.16 Å². The summed E-state index contributed by atoms with van der Waals surface area (Å²) in [7, 11) is 0. The van der Waals surface area contributed by atoms with Crippen molar-refractivity contribution in [1.82, 2.24) is 19.9 Å². The molecule has 2 heterocycles. The SMILES string of the molecule is CSc1ncc(-c2ccnc(Nc3ccc(C#N)cc3)n2)c(=O)[nH]1. The fraction of sp³-hybridized carbons (Fsp3) is 0.0625. The molecular formula is C16H12N6OS. The lowest BCUT2D eigenvalue weighted by molar-refractivity contribution is 0.940. The number of hydrogen-bond donors (Lipinski definition) is 2. The van der Waals surface area contributed by atoms with Crippen molar-refractivity contribution in [3.63, 3.8) is 0 Å². The Morgan fingerprint density at radius 2 is 2.00 bits per heavy atom. The van der Waals surface area contributed by atoms with E-state index in [0.29, 0.717) is 27.9 Å². The Labute approximate surface area is 141 Å². The largest absolute Gasteiger partial charge is 0.324 e. The summed E-state index contributed by atoms with van der Waals surface area (Å²) in [4.78, 5) is 27.5. The Hall–Kier alpha value is -3.18. The summed E-state index contributed by atoms with van der Waals surface area (Å²) in [5.74, 6) is 0.352. The zero-order chi connectivity index (χ0) is 16.9. The van der Waals surface area contributed by atoms with Crippen LogP contribution in [0.5, 0.6) is 0 Å². The van der Waals surface area contributed by atoms with Gasteiger partial charge < -0.3 is 10.3 Å². The number of aromatic amines is 1. The summed E-state index contributed by atoms with van der Waals surface area (Å²) in [5, 5.41) is 12.4. The van der Waals surface area contributed by atoms with Crippen molar-refractivity contribution in [3.05, 3.63) is 58.6 Å². The number of hydrogen-bond acceptors (Lipinski definition) is 7. The van der Waals surface area contributed by atoms with Crippen molar-refractivity contribution in [2.24, 2.45) is 0 Å². The smallest absolute Gasteiger partial charge is 0.260 e. The summed E-state index contributed by atoms with van der Waals surface area (Å²) in [6.07, 6.45) is 4.90. The molecule has 24 heavy (non-hydrogen) atoms. The van der Waals surface area contributed by atoms with Crippen LogP contribution >= 0.6 is 11.8 Å². The molecule has 2 N–H and O–H groups in total. The van der Waals surface area contributed by atoms with E-state index in [9.17, 15) is 4.79 Å². The Morgan fingerprint density at radius 1 is 1.21 bits per heavy atom. The number of benzene rings is 1. The van der Waals surface area contributed by atoms with Crippen LogP contribution in [0.2, 0.25) is 0 Å². The minimum Gasteiger partial charge on any atom is -0.324 e. The highest BCUT2D eigenvalue weighted by Gasteiger charge is 2.08. The lowest BCUT2D eigenvalue weighted by atomic mass is 10.2. The van der Waals surface area contributed by atoms with E-state index < -0.39 is 0 Å². The molecule has 0 saturated carbocycles. The van der Waals surface area contributed by atoms with Gasteiger partial charge in [0.05, 0.1) is 22.9 Å². The average Bonchev–Trinajstić information content (AvgIpc) is 2.62. The van der Waals surface area contributed by atoms with E-state index in [-0.39, 0.29) is 5.56 Å². The molecule has 3 aromatic rings. The summed E-state index contributed by atoms with van der Waals surface area (Å²) >= 11 is 1.36. The first kappa shape index (κ1) is 15.7. The molecule has 2 aromatic heterocycles. The minimum atomic E-state index is -0.252. The van der Waals surface area contributed by atoms with Gasteiger partial charge in [-0.1, -0.05) is 11.8 Å². The normalized spacial score (nSPS) is 10.2. The van der Waals surface area contributed by atoms with Gasteiger partial charge in [0.25, 0.3) is 5.56 Å². The van der Waals surface area contributed by atoms with Crippen LogP contribution in [0, 0.1) is 11.3 Å². The molecule has 0 amide bonds. The third-order valence-electron chi connectivity index (χ3n) is 3.17. The maximum Gasteiger partial charge on any atom is 0.260 e. The Morgan fingerprint density at radius 3 is 2.67 bits per heavy atom. The van der Waals surface area contributed by atoms with Crippen molar-refractivity contribution in [3.8, 4) is 17.3 Å². The average molecular weight is 336 g/mol. The standard InChI is InChI=1S/C16H12N6OS/c1-24-16-19-9-12(14(23)22-16)13-6-7-18-15(21-13)20-11-4-2-10(8-17)3-5-11/h2-7,9H,1H3,(H,18,20,21)(H,19,22,23). The summed E-state index contributed by atoms with van der Waals surface area (Å²) in [6, 6.07) is 10.6. The van der Waals surface area contributed by atoms with Gasteiger partial charge >= 0.3 is 0 Å². The summed E-state index contributed by atoms with van der Waals surface area (Å²) in [5.41, 5.74) is 1.91. The van der Waals surface area contributed by atoms with E-state index >= 15 is 0 Å². The minimum absolute atomic E-state index is 0.252. The van der Waals surface area contributed by atoms with Crippen LogP contribution in [-0.2, 0) is 0 Å². The van der Waals surface area contributed by atoms with Gasteiger partial charge in [-0.3, -0.25) is 4.79 Å². The van der Waals surface area contributed by atoms with Gasteiger partial charge in [0, 0.05) is 18.1 Å². The molecule has 118 valence electrons. The van der Waals surface area contributed by atoms with Crippen LogP contribution in [0.1, 0.15) is 5.56 Å². The molecule has 8 heteroatoms. The number of nitrogens with one attached hydrogen (secondary N) is 2. The van der Waals surface area contributed by atoms with E-state index in [1.807, 2.05) is 6.26 Å². The number of nitriles is 1. The first-order chi connectivity index (χ1) is 11.7. The summed E-state index contributed by atoms with van der Waals surface area (Å²) in [6.45, 7) is 0. The molecule has 0 aliphatic heterocycles. The van der Waals surface area contributed by atoms with Crippen LogP contribution in [0.25, 0.3) is 11.3 Å². The Balaban J connectivity index is 1.89. The van der Waals surface area contributed by atoms with E-state index in [1.165, 1.54) is 18.0 Å². The van der Waals surface area contributed by atoms with Crippen LogP contribution in [0.4, 0.5) is 11.6 Å². The van der Waals surface area contributed by atoms with Gasteiger partial charge in [0.15, 0.2) is 5.16 Å². The number of thioether (sulfide) groups is 1. The van der Waals surface area contributed by atoms with E-state index in [2.05, 4.69) is 31.3 Å². The topological polar surface area (TPSA) is 107 Å². The lowest BCUT2D eigenvalue weighted by Crippen LogP contribution is -2.12. The van der Waals surface area contributed by atoms with Gasteiger partial charge in [0.2, 0.25) is 5.95 Å². The number of rotatable bonds is 4. The van der Waals surface area contributed by atoms with Gasteiger partial charge in [0.1, 0.15) is 0 Å². The van der Waals surface area contributed by atoms with Gasteiger partial charge in [-0.2, -0.15) is 5.26 Å². The van der Waals surface area contributed by atoms with Crippen LogP contribution < -0.4 is 10.9 Å². The molecule has 0 saturated heterocycles. The maximum absolute atomic E-state index is 12.1. The molecule has 1 aromatic carbocycles. The number of H-pyrrole nitrogens is 1. The first-order valence-electron chi connectivity index (χ1n) is 6.93. The monoisotopic (exact) mass is 336 g/mol. The van der Waals surface area contributed by atoms with Crippen molar-refractivity contribution in [2.75, 3.05) is 11.6 Å². The molecular weight excluding hydrogens is 324 g/mol. The van der Waals surface area contributed by atoms with E-state index in [0.717, 1.165) is 5.69 Å². The van der Waals surface area contributed by atoms with Gasteiger partial charge in [-0.15, -0.1) is 0 Å². The third kappa shape index (κ3) is 3.42. The maximum atomic E-state index is 12.1. The Kier molecular flexibility index (Phi) is 4.54. The fourth-order valence-electron chi connectivity index (χ4n) is 1.99. The second kappa shape index (κ2) is 6.93. The molecule has 3 rings (SSSR count). The molecule has 0 fully saturated rings. The predicted molar refractivity (Wildman–Crippen MR) is 92.1 cm³/mol. The molecule has 7 nitrogen and oxygen atoms in total. The number of anilines is 2. The third-order valence-corrected chi connectivity index (χ3v) is 3.77. The molecule has 0 unspecified atom stereocenters. The number of nitrogens with zero attached hydrogens (tertiary/aromatic N) is 4.